The Morgan fingerprint density at radius 3 is 3.06 bits per heavy atom. The van der Waals surface area contributed by atoms with Crippen LogP contribution in [-0.2, 0) is 6.42 Å². The van der Waals surface area contributed by atoms with E-state index in [0.717, 1.165) is 6.42 Å². The number of nitrogens with one attached hydrogen (secondary N) is 2. The Morgan fingerprint density at radius 1 is 1.44 bits per heavy atom. The van der Waals surface area contributed by atoms with Gasteiger partial charge in [0.15, 0.2) is 0 Å². The van der Waals surface area contributed by atoms with Crippen molar-refractivity contribution < 1.29 is 4.79 Å². The summed E-state index contributed by atoms with van der Waals surface area (Å²) < 4.78 is 0. The van der Waals surface area contributed by atoms with Gasteiger partial charge < -0.3 is 10.6 Å². The molecule has 0 unspecified atom stereocenters. The van der Waals surface area contributed by atoms with Crippen LogP contribution in [0.3, 0.4) is 0 Å². The number of carbonyl (C=O) groups excluding carboxylic acids is 1. The Kier molecular flexibility index (Phi) is 4.30. The van der Waals surface area contributed by atoms with Crippen LogP contribution in [0.4, 0.5) is 5.82 Å². The molecule has 2 N–H and O–H groups in total. The van der Waals surface area contributed by atoms with Crippen molar-refractivity contribution in [2.24, 2.45) is 0 Å². The maximum atomic E-state index is 11.9. The maximum Gasteiger partial charge on any atom is 0.251 e. The molecule has 0 aromatic carbocycles. The molecule has 2 aromatic heterocycles. The number of pyridine rings is 1. The van der Waals surface area contributed by atoms with Gasteiger partial charge in [-0.3, -0.25) is 4.79 Å². The van der Waals surface area contributed by atoms with Crippen LogP contribution in [0.15, 0.2) is 35.8 Å². The summed E-state index contributed by atoms with van der Waals surface area (Å²) in [5.41, 5.74) is 0.625. The molecular weight excluding hydrogens is 246 g/mol. The third-order valence-corrected chi connectivity index (χ3v) is 3.45. The topological polar surface area (TPSA) is 54.0 Å². The zero-order valence-corrected chi connectivity index (χ0v) is 11.0. The van der Waals surface area contributed by atoms with Gasteiger partial charge in [0.2, 0.25) is 0 Å². The predicted octanol–water partition coefficient (Wildman–Crippen LogP) is 2.16. The number of thiophene rings is 1. The summed E-state index contributed by atoms with van der Waals surface area (Å²) in [6, 6.07) is 7.54. The molecule has 0 fully saturated rings. The summed E-state index contributed by atoms with van der Waals surface area (Å²) >= 11 is 1.71. The first-order valence-electron chi connectivity index (χ1n) is 5.74. The van der Waals surface area contributed by atoms with E-state index >= 15 is 0 Å². The number of hydrogen-bond acceptors (Lipinski definition) is 4. The molecule has 0 atom stereocenters. The first-order chi connectivity index (χ1) is 8.79. The van der Waals surface area contributed by atoms with E-state index in [9.17, 15) is 4.79 Å². The van der Waals surface area contributed by atoms with Crippen molar-refractivity contribution in [1.82, 2.24) is 10.3 Å². The fourth-order valence-electron chi connectivity index (χ4n) is 1.56. The average Bonchev–Trinajstić information content (AvgIpc) is 2.92. The van der Waals surface area contributed by atoms with Crippen molar-refractivity contribution in [3.8, 4) is 0 Å². The lowest BCUT2D eigenvalue weighted by Crippen LogP contribution is -2.25. The van der Waals surface area contributed by atoms with Crippen LogP contribution >= 0.6 is 11.3 Å². The summed E-state index contributed by atoms with van der Waals surface area (Å²) in [4.78, 5) is 17.2. The number of hydrogen-bond donors (Lipinski definition) is 2. The highest BCUT2D eigenvalue weighted by Gasteiger charge is 2.05. The van der Waals surface area contributed by atoms with Crippen molar-refractivity contribution in [2.75, 3.05) is 18.9 Å². The second-order valence-corrected chi connectivity index (χ2v) is 4.80. The van der Waals surface area contributed by atoms with Crippen LogP contribution in [0.5, 0.6) is 0 Å². The summed E-state index contributed by atoms with van der Waals surface area (Å²) in [7, 11) is 1.78. The maximum absolute atomic E-state index is 11.9. The van der Waals surface area contributed by atoms with E-state index in [1.165, 1.54) is 4.88 Å². The quantitative estimate of drug-likeness (QED) is 0.867. The first kappa shape index (κ1) is 12.6. The standard InChI is InChI=1S/C13H15N3OS/c1-14-12-9-10(4-6-15-12)13(17)16-7-5-11-3-2-8-18-11/h2-4,6,8-9H,5,7H2,1H3,(H,14,15)(H,16,17). The number of anilines is 1. The molecule has 2 rings (SSSR count). The molecule has 0 spiro atoms. The smallest absolute Gasteiger partial charge is 0.251 e. The Balaban J connectivity index is 1.87. The second-order valence-electron chi connectivity index (χ2n) is 3.77. The zero-order valence-electron chi connectivity index (χ0n) is 10.1. The van der Waals surface area contributed by atoms with Gasteiger partial charge in [0, 0.05) is 30.2 Å². The summed E-state index contributed by atoms with van der Waals surface area (Å²) in [6.07, 6.45) is 2.49. The van der Waals surface area contributed by atoms with Gasteiger partial charge in [0.1, 0.15) is 5.82 Å². The molecule has 0 aliphatic rings. The molecular formula is C13H15N3OS. The van der Waals surface area contributed by atoms with Crippen LogP contribution in [0.25, 0.3) is 0 Å². The third-order valence-electron chi connectivity index (χ3n) is 2.52. The van der Waals surface area contributed by atoms with Crippen LogP contribution in [0.2, 0.25) is 0 Å². The minimum absolute atomic E-state index is 0.0644. The normalized spacial score (nSPS) is 10.1. The fraction of sp³-hybridized carbons (Fsp3) is 0.231. The predicted molar refractivity (Wildman–Crippen MR) is 74.1 cm³/mol. The largest absolute Gasteiger partial charge is 0.373 e. The Labute approximate surface area is 110 Å². The lowest BCUT2D eigenvalue weighted by Gasteiger charge is -2.05. The first-order valence-corrected chi connectivity index (χ1v) is 6.62. The Morgan fingerprint density at radius 2 is 2.33 bits per heavy atom. The van der Waals surface area contributed by atoms with Gasteiger partial charge in [-0.05, 0) is 30.0 Å². The third kappa shape index (κ3) is 3.30. The minimum Gasteiger partial charge on any atom is -0.373 e. The highest BCUT2D eigenvalue weighted by molar-refractivity contribution is 7.09. The van der Waals surface area contributed by atoms with Crippen molar-refractivity contribution in [2.45, 2.75) is 6.42 Å². The van der Waals surface area contributed by atoms with Gasteiger partial charge in [0.25, 0.3) is 5.91 Å². The molecule has 0 aliphatic heterocycles. The highest BCUT2D eigenvalue weighted by atomic mass is 32.1. The van der Waals surface area contributed by atoms with Crippen LogP contribution in [0.1, 0.15) is 15.2 Å². The molecule has 94 valence electrons. The van der Waals surface area contributed by atoms with E-state index in [1.807, 2.05) is 11.4 Å². The highest BCUT2D eigenvalue weighted by Crippen LogP contribution is 2.09. The van der Waals surface area contributed by atoms with Gasteiger partial charge in [0.05, 0.1) is 0 Å². The molecule has 2 aromatic rings. The monoisotopic (exact) mass is 261 g/mol. The van der Waals surface area contributed by atoms with Crippen molar-refractivity contribution in [3.63, 3.8) is 0 Å². The molecule has 2 heterocycles. The van der Waals surface area contributed by atoms with E-state index in [0.29, 0.717) is 17.9 Å². The fourth-order valence-corrected chi connectivity index (χ4v) is 2.27. The van der Waals surface area contributed by atoms with Crippen LogP contribution < -0.4 is 10.6 Å². The SMILES string of the molecule is CNc1cc(C(=O)NCCc2cccs2)ccn1. The van der Waals surface area contributed by atoms with E-state index in [4.69, 9.17) is 0 Å². The number of aromatic nitrogens is 1. The molecule has 1 amide bonds. The molecule has 5 heteroatoms. The van der Waals surface area contributed by atoms with Crippen molar-refractivity contribution in [3.05, 3.63) is 46.3 Å². The van der Waals surface area contributed by atoms with E-state index in [1.54, 1.807) is 36.7 Å². The molecule has 0 saturated carbocycles. The van der Waals surface area contributed by atoms with Crippen LogP contribution in [0, 0.1) is 0 Å². The van der Waals surface area contributed by atoms with Crippen LogP contribution in [-0.4, -0.2) is 24.5 Å². The van der Waals surface area contributed by atoms with Gasteiger partial charge in [-0.25, -0.2) is 4.98 Å². The minimum atomic E-state index is -0.0644. The van der Waals surface area contributed by atoms with Crippen molar-refractivity contribution in [1.29, 1.82) is 0 Å². The van der Waals surface area contributed by atoms with Gasteiger partial charge in [-0.1, -0.05) is 6.07 Å². The lowest BCUT2D eigenvalue weighted by atomic mass is 10.2. The lowest BCUT2D eigenvalue weighted by molar-refractivity contribution is 0.0954. The zero-order chi connectivity index (χ0) is 12.8. The number of nitrogens with zero attached hydrogens (tertiary/aromatic N) is 1. The molecule has 0 aliphatic carbocycles. The Bertz CT molecular complexity index is 511. The number of carbonyl (C=O) groups is 1. The van der Waals surface area contributed by atoms with Gasteiger partial charge >= 0.3 is 0 Å². The molecule has 0 saturated heterocycles. The van der Waals surface area contributed by atoms with E-state index in [-0.39, 0.29) is 5.91 Å². The molecule has 0 bridgehead atoms. The van der Waals surface area contributed by atoms with E-state index < -0.39 is 0 Å². The molecule has 0 radical (unpaired) electrons. The summed E-state index contributed by atoms with van der Waals surface area (Å²) in [5, 5.41) is 7.85. The number of amides is 1. The number of rotatable bonds is 5. The van der Waals surface area contributed by atoms with Gasteiger partial charge in [-0.2, -0.15) is 0 Å². The summed E-state index contributed by atoms with van der Waals surface area (Å²) in [6.45, 7) is 0.649. The van der Waals surface area contributed by atoms with E-state index in [2.05, 4.69) is 21.7 Å². The van der Waals surface area contributed by atoms with Gasteiger partial charge in [-0.15, -0.1) is 11.3 Å². The molecule has 4 nitrogen and oxygen atoms in total. The summed E-state index contributed by atoms with van der Waals surface area (Å²) in [5.74, 6) is 0.631. The molecule has 18 heavy (non-hydrogen) atoms. The average molecular weight is 261 g/mol. The van der Waals surface area contributed by atoms with Crippen molar-refractivity contribution >= 4 is 23.1 Å². The second kappa shape index (κ2) is 6.16. The Hall–Kier alpha value is -1.88.